The molecule has 1 rings (SSSR count). The summed E-state index contributed by atoms with van der Waals surface area (Å²) in [4.78, 5) is 11.0. The zero-order chi connectivity index (χ0) is 10.7. The molecule has 0 fully saturated rings. The van der Waals surface area contributed by atoms with Gasteiger partial charge in [0.1, 0.15) is 5.82 Å². The average Bonchev–Trinajstić information content (AvgIpc) is 2.10. The van der Waals surface area contributed by atoms with E-state index in [1.54, 1.807) is 0 Å². The van der Waals surface area contributed by atoms with E-state index in [1.807, 2.05) is 0 Å². The molecule has 0 atom stereocenters. The Kier molecular flexibility index (Phi) is 4.22. The largest absolute Gasteiger partial charge is 0.323 e. The zero-order valence-corrected chi connectivity index (χ0v) is 10.1. The third-order valence-electron chi connectivity index (χ3n) is 1.41. The first-order valence-electron chi connectivity index (χ1n) is 3.60. The van der Waals surface area contributed by atoms with Crippen LogP contribution in [0.1, 0.15) is 0 Å². The number of rotatable bonds is 2. The Morgan fingerprint density at radius 3 is 2.79 bits per heavy atom. The Labute approximate surface area is 99.4 Å². The molecule has 0 bridgehead atoms. The lowest BCUT2D eigenvalue weighted by Crippen LogP contribution is -2.13. The molecule has 6 heteroatoms. The first kappa shape index (κ1) is 11.8. The van der Waals surface area contributed by atoms with Crippen molar-refractivity contribution in [3.05, 3.63) is 27.4 Å². The van der Waals surface area contributed by atoms with Crippen LogP contribution in [0.25, 0.3) is 0 Å². The molecule has 14 heavy (non-hydrogen) atoms. The van der Waals surface area contributed by atoms with E-state index >= 15 is 0 Å². The van der Waals surface area contributed by atoms with Crippen molar-refractivity contribution in [3.8, 4) is 0 Å². The quantitative estimate of drug-likeness (QED) is 0.807. The number of anilines is 1. The minimum absolute atomic E-state index is 0.0418. The fourth-order valence-electron chi connectivity index (χ4n) is 0.841. The molecule has 0 aliphatic carbocycles. The lowest BCUT2D eigenvalue weighted by Gasteiger charge is -2.08. The van der Waals surface area contributed by atoms with E-state index in [-0.39, 0.29) is 16.7 Å². The highest BCUT2D eigenvalue weighted by Gasteiger charge is 2.10. The van der Waals surface area contributed by atoms with Gasteiger partial charge in [-0.3, -0.25) is 4.79 Å². The number of hydrogen-bond donors (Lipinski definition) is 2. The van der Waals surface area contributed by atoms with Crippen molar-refractivity contribution in [1.82, 2.24) is 0 Å². The molecule has 1 amide bonds. The summed E-state index contributed by atoms with van der Waals surface area (Å²) in [5.74, 6) is -0.728. The van der Waals surface area contributed by atoms with Gasteiger partial charge >= 0.3 is 0 Å². The number of carbonyl (C=O) groups excluding carboxylic acids is 1. The molecular weight excluding hydrogens is 293 g/mol. The number of hydrogen-bond acceptors (Lipinski definition) is 2. The van der Waals surface area contributed by atoms with Gasteiger partial charge in [0.05, 0.1) is 16.5 Å². The number of carbonyl (C=O) groups is 1. The van der Waals surface area contributed by atoms with Crippen molar-refractivity contribution in [1.29, 1.82) is 0 Å². The molecule has 0 aliphatic heterocycles. The van der Waals surface area contributed by atoms with E-state index in [1.165, 1.54) is 6.07 Å². The number of thiol groups is 1. The van der Waals surface area contributed by atoms with Crippen molar-refractivity contribution in [3.63, 3.8) is 0 Å². The third kappa shape index (κ3) is 2.87. The van der Waals surface area contributed by atoms with Gasteiger partial charge in [0.2, 0.25) is 5.91 Å². The van der Waals surface area contributed by atoms with E-state index < -0.39 is 5.82 Å². The van der Waals surface area contributed by atoms with Crippen LogP contribution in [0.3, 0.4) is 0 Å². The molecule has 0 radical (unpaired) electrons. The maximum Gasteiger partial charge on any atom is 0.234 e. The van der Waals surface area contributed by atoms with Crippen molar-refractivity contribution in [2.24, 2.45) is 0 Å². The predicted molar refractivity (Wildman–Crippen MR) is 61.6 cm³/mol. The smallest absolute Gasteiger partial charge is 0.234 e. The molecule has 0 spiro atoms. The highest BCUT2D eigenvalue weighted by molar-refractivity contribution is 9.10. The van der Waals surface area contributed by atoms with Gasteiger partial charge in [-0.1, -0.05) is 11.6 Å². The Morgan fingerprint density at radius 1 is 1.64 bits per heavy atom. The monoisotopic (exact) mass is 297 g/mol. The summed E-state index contributed by atoms with van der Waals surface area (Å²) in [5, 5.41) is 2.64. The summed E-state index contributed by atoms with van der Waals surface area (Å²) in [5.41, 5.74) is 0.354. The summed E-state index contributed by atoms with van der Waals surface area (Å²) in [6, 6.07) is 2.35. The summed E-state index contributed by atoms with van der Waals surface area (Å²) in [6.45, 7) is 0. The number of benzene rings is 1. The first-order chi connectivity index (χ1) is 6.54. The summed E-state index contributed by atoms with van der Waals surface area (Å²) >= 11 is 12.6. The van der Waals surface area contributed by atoms with Gasteiger partial charge in [-0.2, -0.15) is 12.6 Å². The van der Waals surface area contributed by atoms with E-state index in [0.717, 1.165) is 6.07 Å². The van der Waals surface area contributed by atoms with Crippen molar-refractivity contribution >= 4 is 51.8 Å². The molecule has 0 heterocycles. The topological polar surface area (TPSA) is 29.1 Å². The van der Waals surface area contributed by atoms with Crippen LogP contribution >= 0.6 is 40.2 Å². The van der Waals surface area contributed by atoms with Gasteiger partial charge in [-0.15, -0.1) is 0 Å². The zero-order valence-electron chi connectivity index (χ0n) is 6.85. The van der Waals surface area contributed by atoms with E-state index in [9.17, 15) is 9.18 Å². The van der Waals surface area contributed by atoms with Crippen LogP contribution < -0.4 is 5.32 Å². The number of halogens is 3. The average molecular weight is 299 g/mol. The molecule has 0 saturated carbocycles. The molecular formula is C8H6BrClFNOS. The van der Waals surface area contributed by atoms with Gasteiger partial charge in [-0.05, 0) is 28.1 Å². The fraction of sp³-hybridized carbons (Fsp3) is 0.125. The van der Waals surface area contributed by atoms with E-state index in [0.29, 0.717) is 10.2 Å². The first-order valence-corrected chi connectivity index (χ1v) is 5.40. The van der Waals surface area contributed by atoms with Crippen molar-refractivity contribution in [2.75, 3.05) is 11.1 Å². The maximum atomic E-state index is 12.8. The van der Waals surface area contributed by atoms with Crippen LogP contribution in [0.15, 0.2) is 16.6 Å². The molecule has 1 N–H and O–H groups in total. The Hall–Kier alpha value is -0.260. The molecule has 0 aromatic heterocycles. The van der Waals surface area contributed by atoms with Crippen LogP contribution in [-0.4, -0.2) is 11.7 Å². The normalized spacial score (nSPS) is 10.0. The van der Waals surface area contributed by atoms with E-state index in [4.69, 9.17) is 11.6 Å². The number of amides is 1. The Morgan fingerprint density at radius 2 is 2.29 bits per heavy atom. The van der Waals surface area contributed by atoms with Gasteiger partial charge in [0, 0.05) is 4.47 Å². The Bertz CT molecular complexity index is 351. The van der Waals surface area contributed by atoms with Gasteiger partial charge < -0.3 is 5.32 Å². The lowest BCUT2D eigenvalue weighted by molar-refractivity contribution is -0.113. The predicted octanol–water partition coefficient (Wildman–Crippen LogP) is 3.11. The SMILES string of the molecule is O=C(CS)Nc1c(Cl)cc(F)cc1Br. The lowest BCUT2D eigenvalue weighted by atomic mass is 10.3. The molecule has 0 aliphatic rings. The highest BCUT2D eigenvalue weighted by atomic mass is 79.9. The molecule has 0 unspecified atom stereocenters. The van der Waals surface area contributed by atoms with Crippen LogP contribution in [0.4, 0.5) is 10.1 Å². The Balaban J connectivity index is 3.02. The van der Waals surface area contributed by atoms with Crippen LogP contribution in [0.5, 0.6) is 0 Å². The molecule has 2 nitrogen and oxygen atoms in total. The summed E-state index contributed by atoms with van der Waals surface area (Å²) in [7, 11) is 0. The second-order valence-corrected chi connectivity index (χ2v) is 4.03. The van der Waals surface area contributed by atoms with Crippen LogP contribution in [-0.2, 0) is 4.79 Å². The van der Waals surface area contributed by atoms with Crippen LogP contribution in [0, 0.1) is 5.82 Å². The molecule has 1 aromatic rings. The van der Waals surface area contributed by atoms with Gasteiger partial charge in [0.25, 0.3) is 0 Å². The molecule has 1 aromatic carbocycles. The van der Waals surface area contributed by atoms with Crippen molar-refractivity contribution in [2.45, 2.75) is 0 Å². The van der Waals surface area contributed by atoms with E-state index in [2.05, 4.69) is 33.9 Å². The van der Waals surface area contributed by atoms with Gasteiger partial charge in [-0.25, -0.2) is 4.39 Å². The molecule has 76 valence electrons. The minimum atomic E-state index is -0.467. The fourth-order valence-corrected chi connectivity index (χ4v) is 1.82. The van der Waals surface area contributed by atoms with Crippen molar-refractivity contribution < 1.29 is 9.18 Å². The maximum absolute atomic E-state index is 12.8. The standard InChI is InChI=1S/C8H6BrClFNOS/c9-5-1-4(11)2-6(10)8(5)12-7(13)3-14/h1-2,14H,3H2,(H,12,13). The summed E-state index contributed by atoms with van der Waals surface area (Å²) in [6.07, 6.45) is 0. The number of nitrogens with one attached hydrogen (secondary N) is 1. The summed E-state index contributed by atoms with van der Waals surface area (Å²) < 4.78 is 13.2. The molecule has 0 saturated heterocycles. The highest BCUT2D eigenvalue weighted by Crippen LogP contribution is 2.31. The van der Waals surface area contributed by atoms with Gasteiger partial charge in [0.15, 0.2) is 0 Å². The minimum Gasteiger partial charge on any atom is -0.323 e. The third-order valence-corrected chi connectivity index (χ3v) is 2.63. The van der Waals surface area contributed by atoms with Crippen LogP contribution in [0.2, 0.25) is 5.02 Å². The second-order valence-electron chi connectivity index (χ2n) is 2.45. The second kappa shape index (κ2) is 5.00.